The Morgan fingerprint density at radius 3 is 2.73 bits per heavy atom. The average Bonchev–Trinajstić information content (AvgIpc) is 3.36. The molecule has 1 amide bonds. The van der Waals surface area contributed by atoms with Gasteiger partial charge in [0.1, 0.15) is 6.61 Å². The lowest BCUT2D eigenvalue weighted by Crippen LogP contribution is -2.55. The first-order valence-electron chi connectivity index (χ1n) is 9.77. The molecule has 4 unspecified atom stereocenters. The molecule has 0 radical (unpaired) electrons. The number of methoxy groups -OCH3 is 1. The molecule has 4 atom stereocenters. The molecule has 156 valence electrons. The molecule has 1 aromatic rings. The zero-order valence-electron chi connectivity index (χ0n) is 16.6. The van der Waals surface area contributed by atoms with Crippen molar-refractivity contribution in [2.45, 2.75) is 24.7 Å². The number of Topliss-reactive ketones (excluding diaryl/α,β-unsaturated/α-hetero) is 2. The van der Waals surface area contributed by atoms with Crippen LogP contribution in [0.1, 0.15) is 6.92 Å². The quantitative estimate of drug-likeness (QED) is 0.483. The zero-order valence-corrected chi connectivity index (χ0v) is 16.6. The van der Waals surface area contributed by atoms with Gasteiger partial charge in [-0.2, -0.15) is 0 Å². The standard InChI is InChI=1S/C21H22N4O5/c1-10-15(22)18(27)14-12(9-30-20(28)23-11-6-4-3-5-7-11)21(29-2)19-13(24-19)8-25(21)16(14)17(10)26/h3-7,12-13,19,24H,8-9,22H2,1-2H3,(H,23,28). The lowest BCUT2D eigenvalue weighted by Gasteiger charge is -2.39. The molecule has 4 aliphatic rings. The third kappa shape index (κ3) is 2.39. The van der Waals surface area contributed by atoms with Crippen molar-refractivity contribution in [3.63, 3.8) is 0 Å². The second kappa shape index (κ2) is 6.41. The van der Waals surface area contributed by atoms with Gasteiger partial charge >= 0.3 is 6.09 Å². The normalized spacial score (nSPS) is 31.5. The van der Waals surface area contributed by atoms with E-state index >= 15 is 0 Å². The number of anilines is 1. The van der Waals surface area contributed by atoms with E-state index in [1.54, 1.807) is 38.3 Å². The number of ether oxygens (including phenoxy) is 2. The second-order valence-electron chi connectivity index (χ2n) is 7.92. The number of hydrogen-bond acceptors (Lipinski definition) is 8. The first-order valence-corrected chi connectivity index (χ1v) is 9.77. The summed E-state index contributed by atoms with van der Waals surface area (Å²) in [5.41, 5.74) is 6.33. The second-order valence-corrected chi connectivity index (χ2v) is 7.92. The summed E-state index contributed by atoms with van der Waals surface area (Å²) in [4.78, 5) is 40.3. The Morgan fingerprint density at radius 2 is 2.03 bits per heavy atom. The SMILES string of the molecule is COC12C(COC(=O)Nc3ccccc3)C3=C(C(=O)C(C)=C(N)C3=O)N1CC1NC12. The molecule has 5 rings (SSSR count). The molecule has 9 heteroatoms. The average molecular weight is 410 g/mol. The third-order valence-corrected chi connectivity index (χ3v) is 6.48. The van der Waals surface area contributed by atoms with Gasteiger partial charge in [0, 0.05) is 36.5 Å². The number of para-hydroxylation sites is 1. The maximum Gasteiger partial charge on any atom is 0.411 e. The van der Waals surface area contributed by atoms with E-state index < -0.39 is 23.5 Å². The van der Waals surface area contributed by atoms with Crippen LogP contribution in [-0.2, 0) is 19.1 Å². The number of nitrogens with one attached hydrogen (secondary N) is 2. The van der Waals surface area contributed by atoms with Crippen molar-refractivity contribution in [3.05, 3.63) is 52.9 Å². The highest BCUT2D eigenvalue weighted by atomic mass is 16.6. The van der Waals surface area contributed by atoms with Gasteiger partial charge in [0.2, 0.25) is 11.6 Å². The molecule has 0 spiro atoms. The van der Waals surface area contributed by atoms with Crippen LogP contribution in [0.4, 0.5) is 10.5 Å². The molecule has 2 saturated heterocycles. The van der Waals surface area contributed by atoms with Crippen molar-refractivity contribution in [1.29, 1.82) is 0 Å². The Bertz CT molecular complexity index is 1030. The number of allylic oxidation sites excluding steroid dienone is 2. The van der Waals surface area contributed by atoms with E-state index in [0.717, 1.165) is 0 Å². The predicted octanol–water partition coefficient (Wildman–Crippen LogP) is 0.502. The van der Waals surface area contributed by atoms with Crippen LogP contribution in [0, 0.1) is 5.92 Å². The van der Waals surface area contributed by atoms with Crippen molar-refractivity contribution < 1.29 is 23.9 Å². The van der Waals surface area contributed by atoms with Gasteiger partial charge in [-0.1, -0.05) is 18.2 Å². The van der Waals surface area contributed by atoms with Gasteiger partial charge < -0.3 is 25.4 Å². The fourth-order valence-electron chi connectivity index (χ4n) is 4.98. The highest BCUT2D eigenvalue weighted by molar-refractivity contribution is 6.25. The Balaban J connectivity index is 1.46. The van der Waals surface area contributed by atoms with Gasteiger partial charge in [0.15, 0.2) is 5.72 Å². The molecule has 0 bridgehead atoms. The summed E-state index contributed by atoms with van der Waals surface area (Å²) < 4.78 is 11.4. The van der Waals surface area contributed by atoms with Crippen molar-refractivity contribution in [2.24, 2.45) is 11.7 Å². The Labute approximate surface area is 172 Å². The topological polar surface area (TPSA) is 133 Å². The van der Waals surface area contributed by atoms with Gasteiger partial charge in [0.05, 0.1) is 23.4 Å². The van der Waals surface area contributed by atoms with Crippen molar-refractivity contribution in [2.75, 3.05) is 25.6 Å². The molecule has 0 aromatic heterocycles. The zero-order chi connectivity index (χ0) is 21.2. The van der Waals surface area contributed by atoms with Crippen LogP contribution in [0.2, 0.25) is 0 Å². The van der Waals surface area contributed by atoms with E-state index in [2.05, 4.69) is 10.6 Å². The molecule has 3 aliphatic heterocycles. The molecule has 2 fully saturated rings. The third-order valence-electron chi connectivity index (χ3n) is 6.48. The number of carbonyl (C=O) groups is 3. The summed E-state index contributed by atoms with van der Waals surface area (Å²) in [6.07, 6.45) is -0.652. The smallest absolute Gasteiger partial charge is 0.411 e. The number of nitrogens with two attached hydrogens (primary N) is 1. The molecule has 0 saturated carbocycles. The number of rotatable bonds is 4. The van der Waals surface area contributed by atoms with Gasteiger partial charge in [-0.3, -0.25) is 14.9 Å². The fourth-order valence-corrected chi connectivity index (χ4v) is 4.98. The molecule has 1 aliphatic carbocycles. The van der Waals surface area contributed by atoms with Gasteiger partial charge in [-0.25, -0.2) is 4.79 Å². The van der Waals surface area contributed by atoms with Crippen molar-refractivity contribution >= 4 is 23.3 Å². The first-order chi connectivity index (χ1) is 14.4. The maximum atomic E-state index is 13.1. The Kier molecular flexibility index (Phi) is 4.03. The van der Waals surface area contributed by atoms with Crippen molar-refractivity contribution in [3.8, 4) is 0 Å². The summed E-state index contributed by atoms with van der Waals surface area (Å²) in [6.45, 7) is 1.97. The molecular formula is C21H22N4O5. The summed E-state index contributed by atoms with van der Waals surface area (Å²) in [6, 6.07) is 8.99. The van der Waals surface area contributed by atoms with Crippen molar-refractivity contribution in [1.82, 2.24) is 10.2 Å². The van der Waals surface area contributed by atoms with Crippen LogP contribution in [0.5, 0.6) is 0 Å². The number of ketones is 2. The monoisotopic (exact) mass is 410 g/mol. The lowest BCUT2D eigenvalue weighted by molar-refractivity contribution is -0.137. The summed E-state index contributed by atoms with van der Waals surface area (Å²) >= 11 is 0. The number of fused-ring (bicyclic) bond motifs is 4. The van der Waals surface area contributed by atoms with Crippen LogP contribution in [-0.4, -0.2) is 60.6 Å². The van der Waals surface area contributed by atoms with E-state index in [1.165, 1.54) is 0 Å². The number of benzene rings is 1. The van der Waals surface area contributed by atoms with Gasteiger partial charge in [-0.15, -0.1) is 0 Å². The number of piperazine rings is 1. The lowest BCUT2D eigenvalue weighted by atomic mass is 9.82. The largest absolute Gasteiger partial charge is 0.448 e. The minimum absolute atomic E-state index is 0.0646. The van der Waals surface area contributed by atoms with E-state index in [-0.39, 0.29) is 41.3 Å². The number of amides is 1. The highest BCUT2D eigenvalue weighted by Crippen LogP contribution is 2.55. The van der Waals surface area contributed by atoms with Gasteiger partial charge in [-0.05, 0) is 19.1 Å². The summed E-state index contributed by atoms with van der Waals surface area (Å²) in [5.74, 6) is -1.32. The molecular weight excluding hydrogens is 388 g/mol. The van der Waals surface area contributed by atoms with Crippen LogP contribution in [0.25, 0.3) is 0 Å². The van der Waals surface area contributed by atoms with E-state index in [4.69, 9.17) is 15.2 Å². The molecule has 1 aromatic carbocycles. The van der Waals surface area contributed by atoms with Crippen LogP contribution in [0.3, 0.4) is 0 Å². The predicted molar refractivity (Wildman–Crippen MR) is 106 cm³/mol. The number of carbonyl (C=O) groups excluding carboxylic acids is 3. The van der Waals surface area contributed by atoms with E-state index in [1.807, 2.05) is 11.0 Å². The Morgan fingerprint density at radius 1 is 1.30 bits per heavy atom. The highest BCUT2D eigenvalue weighted by Gasteiger charge is 2.72. The van der Waals surface area contributed by atoms with E-state index in [0.29, 0.717) is 17.9 Å². The molecule has 9 nitrogen and oxygen atoms in total. The molecule has 4 N–H and O–H groups in total. The number of hydrogen-bond donors (Lipinski definition) is 3. The van der Waals surface area contributed by atoms with Crippen LogP contribution < -0.4 is 16.4 Å². The maximum absolute atomic E-state index is 13.1. The number of nitrogens with zero attached hydrogens (tertiary/aromatic N) is 1. The molecule has 3 heterocycles. The Hall–Kier alpha value is -3.17. The van der Waals surface area contributed by atoms with Crippen LogP contribution in [0.15, 0.2) is 52.9 Å². The van der Waals surface area contributed by atoms with Gasteiger partial charge in [0.25, 0.3) is 0 Å². The van der Waals surface area contributed by atoms with Crippen LogP contribution >= 0.6 is 0 Å². The minimum Gasteiger partial charge on any atom is -0.448 e. The summed E-state index contributed by atoms with van der Waals surface area (Å²) in [5, 5.41) is 5.99. The summed E-state index contributed by atoms with van der Waals surface area (Å²) in [7, 11) is 1.55. The van der Waals surface area contributed by atoms with E-state index in [9.17, 15) is 14.4 Å². The fraction of sp³-hybridized carbons (Fsp3) is 0.381. The minimum atomic E-state index is -0.974. The molecule has 30 heavy (non-hydrogen) atoms. The first kappa shape index (κ1) is 18.8.